The van der Waals surface area contributed by atoms with Crippen LogP contribution in [0.4, 0.5) is 0 Å². The molecule has 0 unspecified atom stereocenters. The molecule has 1 fully saturated rings. The van der Waals surface area contributed by atoms with E-state index in [1.54, 1.807) is 6.82 Å². The van der Waals surface area contributed by atoms with Crippen molar-refractivity contribution in [3.8, 4) is 0 Å². The van der Waals surface area contributed by atoms with E-state index in [2.05, 4.69) is 9.96 Å². The normalized spacial score (nSPS) is 27.3. The minimum atomic E-state index is -0.858. The molecule has 1 saturated heterocycles. The van der Waals surface area contributed by atoms with Crippen LogP contribution in [0.25, 0.3) is 0 Å². The van der Waals surface area contributed by atoms with Gasteiger partial charge in [0.25, 0.3) is 0 Å². The van der Waals surface area contributed by atoms with Crippen LogP contribution in [0.2, 0.25) is 6.82 Å². The highest BCUT2D eigenvalue weighted by atomic mass is 16.5. The first kappa shape index (κ1) is 10.5. The monoisotopic (exact) mass is 187 g/mol. The van der Waals surface area contributed by atoms with Crippen molar-refractivity contribution in [1.82, 2.24) is 5.23 Å². The van der Waals surface area contributed by atoms with Crippen molar-refractivity contribution < 1.29 is 19.3 Å². The first-order valence-corrected chi connectivity index (χ1v) is 4.23. The van der Waals surface area contributed by atoms with Gasteiger partial charge in [-0.15, -0.1) is 0 Å². The van der Waals surface area contributed by atoms with E-state index in [0.29, 0.717) is 13.0 Å². The average molecular weight is 187 g/mol. The molecule has 2 N–H and O–H groups in total. The summed E-state index contributed by atoms with van der Waals surface area (Å²) in [5.74, 6) is -0.383. The minimum Gasteiger partial charge on any atom is -0.468 e. The Bertz CT molecular complexity index is 191. The van der Waals surface area contributed by atoms with Crippen molar-refractivity contribution in [2.24, 2.45) is 0 Å². The van der Waals surface area contributed by atoms with E-state index in [1.165, 1.54) is 7.11 Å². The number of hydrogen-bond donors (Lipinski definition) is 2. The van der Waals surface area contributed by atoms with Gasteiger partial charge in [0.1, 0.15) is 5.54 Å². The summed E-state index contributed by atoms with van der Waals surface area (Å²) in [6, 6.07) is 0. The smallest absolute Gasteiger partial charge is 0.374 e. The molecule has 6 heteroatoms. The van der Waals surface area contributed by atoms with Gasteiger partial charge < -0.3 is 19.7 Å². The van der Waals surface area contributed by atoms with Crippen LogP contribution in [0.3, 0.4) is 0 Å². The molecule has 0 aromatic heterocycles. The van der Waals surface area contributed by atoms with Gasteiger partial charge in [-0.3, -0.25) is 4.79 Å². The van der Waals surface area contributed by atoms with E-state index >= 15 is 0 Å². The predicted octanol–water partition coefficient (Wildman–Crippen LogP) is -0.982. The molecule has 1 rings (SSSR count). The highest BCUT2D eigenvalue weighted by Crippen LogP contribution is 2.20. The molecule has 0 radical (unpaired) electrons. The van der Waals surface area contributed by atoms with Crippen molar-refractivity contribution in [1.29, 1.82) is 0 Å². The third-order valence-corrected chi connectivity index (χ3v) is 2.08. The fourth-order valence-electron chi connectivity index (χ4n) is 1.49. The Balaban J connectivity index is 2.68. The minimum absolute atomic E-state index is 0.255. The second-order valence-electron chi connectivity index (χ2n) is 3.20. The lowest BCUT2D eigenvalue weighted by Crippen LogP contribution is -2.58. The number of ether oxygens (including phenoxy) is 2. The third kappa shape index (κ3) is 2.21. The van der Waals surface area contributed by atoms with E-state index < -0.39 is 12.6 Å². The highest BCUT2D eigenvalue weighted by Gasteiger charge is 2.44. The largest absolute Gasteiger partial charge is 0.468 e. The second kappa shape index (κ2) is 4.08. The Kier molecular flexibility index (Phi) is 3.30. The van der Waals surface area contributed by atoms with Crippen LogP contribution in [-0.2, 0) is 14.3 Å². The molecule has 0 saturated carbocycles. The molecule has 0 aromatic rings. The van der Waals surface area contributed by atoms with Gasteiger partial charge in [-0.25, -0.2) is 0 Å². The summed E-state index contributed by atoms with van der Waals surface area (Å²) in [6.07, 6.45) is 0.532. The molecule has 74 valence electrons. The molecule has 1 heterocycles. The Morgan fingerprint density at radius 3 is 2.85 bits per heavy atom. The summed E-state index contributed by atoms with van der Waals surface area (Å²) in [6.45, 7) is 2.32. The zero-order chi connectivity index (χ0) is 9.90. The number of carbonyl (C=O) groups excluding carboxylic acids is 1. The summed E-state index contributed by atoms with van der Waals surface area (Å²) in [7, 11) is 0.576. The summed E-state index contributed by atoms with van der Waals surface area (Å²) in [4.78, 5) is 11.4. The summed E-state index contributed by atoms with van der Waals surface area (Å²) in [5.41, 5.74) is -0.858. The predicted molar refractivity (Wildman–Crippen MR) is 47.2 cm³/mol. The Hall–Kier alpha value is -0.585. The standard InChI is InChI=1S/C7H14BNO4/c1-8(11)9-7(6(10)12-2)3-4-13-5-7/h9,11H,3-5H2,1-2H3/t7-/m1/s1. The number of methoxy groups -OCH3 is 1. The Morgan fingerprint density at radius 1 is 1.77 bits per heavy atom. The molecule has 0 amide bonds. The average Bonchev–Trinajstić information content (AvgIpc) is 2.51. The zero-order valence-electron chi connectivity index (χ0n) is 7.87. The first-order chi connectivity index (χ1) is 6.10. The summed E-state index contributed by atoms with van der Waals surface area (Å²) >= 11 is 0. The van der Waals surface area contributed by atoms with E-state index in [-0.39, 0.29) is 12.6 Å². The maximum atomic E-state index is 11.4. The molecule has 1 aliphatic rings. The Labute approximate surface area is 77.5 Å². The lowest BCUT2D eigenvalue weighted by atomic mass is 9.82. The van der Waals surface area contributed by atoms with Crippen LogP contribution in [-0.4, -0.2) is 43.9 Å². The van der Waals surface area contributed by atoms with Gasteiger partial charge in [0, 0.05) is 13.0 Å². The number of esters is 1. The van der Waals surface area contributed by atoms with E-state index in [1.807, 2.05) is 0 Å². The zero-order valence-corrected chi connectivity index (χ0v) is 7.87. The van der Waals surface area contributed by atoms with E-state index in [4.69, 9.17) is 9.76 Å². The number of carbonyl (C=O) groups is 1. The quantitative estimate of drug-likeness (QED) is 0.439. The van der Waals surface area contributed by atoms with Crippen molar-refractivity contribution in [2.75, 3.05) is 20.3 Å². The third-order valence-electron chi connectivity index (χ3n) is 2.08. The highest BCUT2D eigenvalue weighted by molar-refractivity contribution is 6.46. The lowest BCUT2D eigenvalue weighted by molar-refractivity contribution is -0.147. The first-order valence-electron chi connectivity index (χ1n) is 4.23. The Morgan fingerprint density at radius 2 is 2.46 bits per heavy atom. The summed E-state index contributed by atoms with van der Waals surface area (Å²) < 4.78 is 9.76. The van der Waals surface area contributed by atoms with Crippen LogP contribution in [0, 0.1) is 0 Å². The maximum Gasteiger partial charge on any atom is 0.374 e. The molecule has 0 aromatic carbocycles. The van der Waals surface area contributed by atoms with Gasteiger partial charge in [-0.2, -0.15) is 0 Å². The number of hydrogen-bond acceptors (Lipinski definition) is 5. The molecule has 0 spiro atoms. The molecule has 13 heavy (non-hydrogen) atoms. The second-order valence-corrected chi connectivity index (χ2v) is 3.20. The van der Waals surface area contributed by atoms with E-state index in [0.717, 1.165) is 0 Å². The molecule has 1 aliphatic heterocycles. The van der Waals surface area contributed by atoms with Crippen LogP contribution < -0.4 is 5.23 Å². The lowest BCUT2D eigenvalue weighted by Gasteiger charge is -2.26. The van der Waals surface area contributed by atoms with Crippen LogP contribution in [0.15, 0.2) is 0 Å². The molecule has 1 atom stereocenters. The van der Waals surface area contributed by atoms with Gasteiger partial charge >= 0.3 is 13.0 Å². The van der Waals surface area contributed by atoms with Crippen LogP contribution in [0.5, 0.6) is 0 Å². The fourth-order valence-corrected chi connectivity index (χ4v) is 1.49. The van der Waals surface area contributed by atoms with Gasteiger partial charge in [0.15, 0.2) is 0 Å². The van der Waals surface area contributed by atoms with Crippen molar-refractivity contribution >= 4 is 13.0 Å². The van der Waals surface area contributed by atoms with Crippen LogP contribution in [0.1, 0.15) is 6.42 Å². The number of nitrogens with one attached hydrogen (secondary N) is 1. The fraction of sp³-hybridized carbons (Fsp3) is 0.857. The van der Waals surface area contributed by atoms with Gasteiger partial charge in [-0.1, -0.05) is 0 Å². The molecule has 5 nitrogen and oxygen atoms in total. The molecular formula is C7H14BNO4. The SMILES string of the molecule is COC(=O)[C@@]1(NB(C)O)CCOC1. The molecular weight excluding hydrogens is 173 g/mol. The summed E-state index contributed by atoms with van der Waals surface area (Å²) in [5, 5.41) is 11.9. The van der Waals surface area contributed by atoms with Crippen molar-refractivity contribution in [3.63, 3.8) is 0 Å². The van der Waals surface area contributed by atoms with Crippen molar-refractivity contribution in [3.05, 3.63) is 0 Å². The topological polar surface area (TPSA) is 67.8 Å². The van der Waals surface area contributed by atoms with Gasteiger partial charge in [-0.05, 0) is 6.82 Å². The molecule has 0 aliphatic carbocycles. The molecule has 0 bridgehead atoms. The van der Waals surface area contributed by atoms with E-state index in [9.17, 15) is 4.79 Å². The van der Waals surface area contributed by atoms with Crippen molar-refractivity contribution in [2.45, 2.75) is 18.8 Å². The number of rotatable bonds is 3. The maximum absolute atomic E-state index is 11.4. The van der Waals surface area contributed by atoms with Gasteiger partial charge in [0.2, 0.25) is 0 Å². The van der Waals surface area contributed by atoms with Gasteiger partial charge in [0.05, 0.1) is 13.7 Å². The van der Waals surface area contributed by atoms with Crippen LogP contribution >= 0.6 is 0 Å².